The van der Waals surface area contributed by atoms with E-state index in [0.29, 0.717) is 11.5 Å². The fraction of sp³-hybridized carbons (Fsp3) is 0.846. The van der Waals surface area contributed by atoms with E-state index < -0.39 is 0 Å². The number of rotatable bonds is 3. The number of anilines is 1. The molecule has 3 rings (SSSR count). The van der Waals surface area contributed by atoms with Gasteiger partial charge in [0.05, 0.1) is 5.54 Å². The summed E-state index contributed by atoms with van der Waals surface area (Å²) in [4.78, 5) is 4.89. The number of likely N-dealkylation sites (tertiary alicyclic amines) is 1. The lowest BCUT2D eigenvalue weighted by atomic mass is 9.75. The van der Waals surface area contributed by atoms with E-state index in [0.717, 1.165) is 29.8 Å². The van der Waals surface area contributed by atoms with E-state index in [9.17, 15) is 0 Å². The van der Waals surface area contributed by atoms with Crippen molar-refractivity contribution in [2.24, 2.45) is 5.92 Å². The van der Waals surface area contributed by atoms with Crippen LogP contribution in [0.1, 0.15) is 17.8 Å². The quantitative estimate of drug-likeness (QED) is 0.838. The van der Waals surface area contributed by atoms with Gasteiger partial charge in [-0.05, 0) is 39.3 Å². The number of nitrogens with zero attached hydrogens (tertiary/aromatic N) is 4. The summed E-state index contributed by atoms with van der Waals surface area (Å²) >= 11 is 1.69. The zero-order valence-electron chi connectivity index (χ0n) is 11.9. The van der Waals surface area contributed by atoms with Gasteiger partial charge < -0.3 is 9.64 Å². The first-order valence-corrected chi connectivity index (χ1v) is 7.70. The van der Waals surface area contributed by atoms with Gasteiger partial charge in [-0.3, -0.25) is 4.90 Å². The molecule has 2 fully saturated rings. The van der Waals surface area contributed by atoms with Gasteiger partial charge in [0.1, 0.15) is 5.01 Å². The first-order chi connectivity index (χ1) is 9.13. The molecule has 106 valence electrons. The molecule has 0 aromatic carbocycles. The minimum absolute atomic E-state index is 0.334. The fourth-order valence-corrected chi connectivity index (χ4v) is 4.06. The van der Waals surface area contributed by atoms with Crippen molar-refractivity contribution >= 4 is 16.5 Å². The molecule has 1 aromatic rings. The molecule has 0 bridgehead atoms. The molecule has 3 heterocycles. The summed E-state index contributed by atoms with van der Waals surface area (Å²) in [5.74, 6) is 0.708. The van der Waals surface area contributed by atoms with Gasteiger partial charge in [0, 0.05) is 26.8 Å². The van der Waals surface area contributed by atoms with Crippen LogP contribution in [0, 0.1) is 12.8 Å². The lowest BCUT2D eigenvalue weighted by Crippen LogP contribution is -2.72. The highest BCUT2D eigenvalue weighted by Crippen LogP contribution is 2.40. The molecule has 1 aromatic heterocycles. The van der Waals surface area contributed by atoms with Gasteiger partial charge in [0.15, 0.2) is 0 Å². The van der Waals surface area contributed by atoms with Gasteiger partial charge in [-0.1, -0.05) is 11.3 Å². The van der Waals surface area contributed by atoms with Crippen LogP contribution in [0.5, 0.6) is 0 Å². The zero-order chi connectivity index (χ0) is 13.5. The molecular formula is C13H22N4OS. The van der Waals surface area contributed by atoms with E-state index in [1.54, 1.807) is 11.3 Å². The van der Waals surface area contributed by atoms with E-state index in [-0.39, 0.29) is 0 Å². The SMILES string of the molecule is COC[C@@H]1CCN(C)C2(C1)CN(c1nnc(C)s1)C2. The van der Waals surface area contributed by atoms with Gasteiger partial charge >= 0.3 is 0 Å². The molecule has 1 atom stereocenters. The Balaban J connectivity index is 1.65. The molecule has 2 saturated heterocycles. The molecule has 0 radical (unpaired) electrons. The van der Waals surface area contributed by atoms with Crippen molar-refractivity contribution in [1.29, 1.82) is 0 Å². The third-order valence-corrected chi connectivity index (χ3v) is 5.41. The second kappa shape index (κ2) is 5.00. The molecular weight excluding hydrogens is 260 g/mol. The Kier molecular flexibility index (Phi) is 3.49. The maximum atomic E-state index is 5.34. The van der Waals surface area contributed by atoms with Crippen LogP contribution in [0.2, 0.25) is 0 Å². The molecule has 1 spiro atoms. The summed E-state index contributed by atoms with van der Waals surface area (Å²) in [5, 5.41) is 10.5. The number of hydrogen-bond acceptors (Lipinski definition) is 6. The van der Waals surface area contributed by atoms with E-state index in [4.69, 9.17) is 4.74 Å². The zero-order valence-corrected chi connectivity index (χ0v) is 12.7. The van der Waals surface area contributed by atoms with Gasteiger partial charge in [-0.15, -0.1) is 10.2 Å². The Hall–Kier alpha value is -0.720. The van der Waals surface area contributed by atoms with E-state index in [2.05, 4.69) is 27.0 Å². The predicted molar refractivity (Wildman–Crippen MR) is 76.8 cm³/mol. The van der Waals surface area contributed by atoms with Gasteiger partial charge in [0.25, 0.3) is 0 Å². The van der Waals surface area contributed by atoms with Crippen molar-refractivity contribution in [2.75, 3.05) is 45.3 Å². The molecule has 0 N–H and O–H groups in total. The average molecular weight is 282 g/mol. The first kappa shape index (κ1) is 13.3. The molecule has 2 aliphatic rings. The summed E-state index contributed by atoms with van der Waals surface area (Å²) in [6.45, 7) is 6.25. The largest absolute Gasteiger partial charge is 0.384 e. The second-order valence-electron chi connectivity index (χ2n) is 5.92. The molecule has 0 amide bonds. The number of aryl methyl sites for hydroxylation is 1. The van der Waals surface area contributed by atoms with Crippen LogP contribution in [-0.4, -0.2) is 61.0 Å². The van der Waals surface area contributed by atoms with Gasteiger partial charge in [0.2, 0.25) is 5.13 Å². The number of piperidine rings is 1. The molecule has 2 aliphatic heterocycles. The van der Waals surface area contributed by atoms with Crippen LogP contribution >= 0.6 is 11.3 Å². The lowest BCUT2D eigenvalue weighted by Gasteiger charge is -2.58. The van der Waals surface area contributed by atoms with E-state index >= 15 is 0 Å². The van der Waals surface area contributed by atoms with Crippen LogP contribution < -0.4 is 4.90 Å². The first-order valence-electron chi connectivity index (χ1n) is 6.88. The van der Waals surface area contributed by atoms with Crippen molar-refractivity contribution < 1.29 is 4.74 Å². The number of likely N-dealkylation sites (N-methyl/N-ethyl adjacent to an activating group) is 1. The van der Waals surface area contributed by atoms with Crippen molar-refractivity contribution in [1.82, 2.24) is 15.1 Å². The van der Waals surface area contributed by atoms with Crippen LogP contribution in [0.4, 0.5) is 5.13 Å². The highest BCUT2D eigenvalue weighted by Gasteiger charge is 2.50. The molecule has 0 saturated carbocycles. The highest BCUT2D eigenvalue weighted by molar-refractivity contribution is 7.15. The molecule has 0 aliphatic carbocycles. The van der Waals surface area contributed by atoms with Crippen molar-refractivity contribution in [3.8, 4) is 0 Å². The molecule has 0 unspecified atom stereocenters. The highest BCUT2D eigenvalue weighted by atomic mass is 32.1. The molecule has 5 nitrogen and oxygen atoms in total. The van der Waals surface area contributed by atoms with Crippen LogP contribution in [0.15, 0.2) is 0 Å². The van der Waals surface area contributed by atoms with Crippen molar-refractivity contribution in [3.05, 3.63) is 5.01 Å². The third kappa shape index (κ3) is 2.37. The summed E-state index contributed by atoms with van der Waals surface area (Å²) in [7, 11) is 4.06. The normalized spacial score (nSPS) is 26.7. The van der Waals surface area contributed by atoms with Gasteiger partial charge in [-0.2, -0.15) is 0 Å². The van der Waals surface area contributed by atoms with Crippen LogP contribution in [-0.2, 0) is 4.74 Å². The lowest BCUT2D eigenvalue weighted by molar-refractivity contribution is -0.00380. The number of methoxy groups -OCH3 is 1. The summed E-state index contributed by atoms with van der Waals surface area (Å²) in [6.07, 6.45) is 2.50. The van der Waals surface area contributed by atoms with E-state index in [1.807, 2.05) is 14.0 Å². The van der Waals surface area contributed by atoms with Crippen molar-refractivity contribution in [2.45, 2.75) is 25.3 Å². The third-order valence-electron chi connectivity index (χ3n) is 4.51. The maximum absolute atomic E-state index is 5.34. The summed E-state index contributed by atoms with van der Waals surface area (Å²) in [6, 6.07) is 0. The minimum atomic E-state index is 0.334. The Morgan fingerprint density at radius 2 is 2.21 bits per heavy atom. The van der Waals surface area contributed by atoms with Crippen LogP contribution in [0.3, 0.4) is 0 Å². The monoisotopic (exact) mass is 282 g/mol. The average Bonchev–Trinajstić information content (AvgIpc) is 2.75. The van der Waals surface area contributed by atoms with Gasteiger partial charge in [-0.25, -0.2) is 0 Å². The molecule has 19 heavy (non-hydrogen) atoms. The summed E-state index contributed by atoms with van der Waals surface area (Å²) < 4.78 is 5.34. The number of ether oxygens (including phenoxy) is 1. The Labute approximate surface area is 118 Å². The Bertz CT molecular complexity index is 444. The van der Waals surface area contributed by atoms with Crippen LogP contribution in [0.25, 0.3) is 0 Å². The maximum Gasteiger partial charge on any atom is 0.208 e. The Morgan fingerprint density at radius 3 is 2.84 bits per heavy atom. The topological polar surface area (TPSA) is 41.5 Å². The second-order valence-corrected chi connectivity index (χ2v) is 7.08. The standard InChI is InChI=1S/C13H22N4OS/c1-10-14-15-12(19-10)17-8-13(9-17)6-11(7-18-3)4-5-16(13)2/h11H,4-9H2,1-3H3/t11-/m1/s1. The predicted octanol–water partition coefficient (Wildman–Crippen LogP) is 1.39. The van der Waals surface area contributed by atoms with E-state index in [1.165, 1.54) is 19.4 Å². The van der Waals surface area contributed by atoms with Crippen molar-refractivity contribution in [3.63, 3.8) is 0 Å². The fourth-order valence-electron chi connectivity index (χ4n) is 3.37. The Morgan fingerprint density at radius 1 is 1.42 bits per heavy atom. The smallest absolute Gasteiger partial charge is 0.208 e. The number of aromatic nitrogens is 2. The number of hydrogen-bond donors (Lipinski definition) is 0. The molecule has 6 heteroatoms. The summed E-state index contributed by atoms with van der Waals surface area (Å²) in [5.41, 5.74) is 0.334. The minimum Gasteiger partial charge on any atom is -0.384 e.